The summed E-state index contributed by atoms with van der Waals surface area (Å²) >= 11 is 0. The molecule has 1 aliphatic rings. The van der Waals surface area contributed by atoms with Gasteiger partial charge in [0.1, 0.15) is 0 Å². The number of phenolic OH excluding ortho intramolecular Hbond substituents is 1. The molecule has 0 bridgehead atoms. The van der Waals surface area contributed by atoms with E-state index in [1.54, 1.807) is 7.11 Å². The summed E-state index contributed by atoms with van der Waals surface area (Å²) in [6.45, 7) is 6.64. The summed E-state index contributed by atoms with van der Waals surface area (Å²) in [4.78, 5) is 2.61. The van der Waals surface area contributed by atoms with E-state index in [0.717, 1.165) is 19.0 Å². The van der Waals surface area contributed by atoms with Gasteiger partial charge in [-0.15, -0.1) is 0 Å². The summed E-state index contributed by atoms with van der Waals surface area (Å²) in [5.74, 6) is 1.52. The average Bonchev–Trinajstić information content (AvgIpc) is 2.97. The van der Waals surface area contributed by atoms with Crippen LogP contribution in [0.25, 0.3) is 0 Å². The van der Waals surface area contributed by atoms with Gasteiger partial charge in [-0.25, -0.2) is 0 Å². The van der Waals surface area contributed by atoms with E-state index in [0.29, 0.717) is 11.8 Å². The third-order valence-corrected chi connectivity index (χ3v) is 4.46. The molecule has 1 aromatic carbocycles. The molecule has 21 heavy (non-hydrogen) atoms. The Morgan fingerprint density at radius 2 is 2.00 bits per heavy atom. The highest BCUT2D eigenvalue weighted by Gasteiger charge is 2.22. The first kappa shape index (κ1) is 16.2. The minimum Gasteiger partial charge on any atom is -0.504 e. The molecule has 0 radical (unpaired) electrons. The predicted molar refractivity (Wildman–Crippen MR) is 86.8 cm³/mol. The van der Waals surface area contributed by atoms with Crippen molar-refractivity contribution in [2.45, 2.75) is 58.5 Å². The summed E-state index contributed by atoms with van der Waals surface area (Å²) in [7, 11) is 1.59. The van der Waals surface area contributed by atoms with Crippen molar-refractivity contribution in [2.75, 3.05) is 13.7 Å². The lowest BCUT2D eigenvalue weighted by atomic mass is 10.1. The zero-order chi connectivity index (χ0) is 15.2. The van der Waals surface area contributed by atoms with Crippen LogP contribution in [0, 0.1) is 5.92 Å². The number of methoxy groups -OCH3 is 1. The van der Waals surface area contributed by atoms with Crippen molar-refractivity contribution < 1.29 is 9.84 Å². The quantitative estimate of drug-likeness (QED) is 0.817. The maximum atomic E-state index is 9.94. The predicted octanol–water partition coefficient (Wildman–Crippen LogP) is 4.19. The first-order valence-corrected chi connectivity index (χ1v) is 8.20. The normalized spacial score (nSPS) is 16.0. The lowest BCUT2D eigenvalue weighted by Gasteiger charge is -2.29. The second kappa shape index (κ2) is 7.69. The zero-order valence-electron chi connectivity index (χ0n) is 13.6. The van der Waals surface area contributed by atoms with E-state index in [1.807, 2.05) is 12.1 Å². The number of hydrogen-bond donors (Lipinski definition) is 1. The van der Waals surface area contributed by atoms with Gasteiger partial charge in [-0.1, -0.05) is 32.8 Å². The fraction of sp³-hybridized carbons (Fsp3) is 0.667. The van der Waals surface area contributed by atoms with Crippen molar-refractivity contribution >= 4 is 0 Å². The smallest absolute Gasteiger partial charge is 0.160 e. The van der Waals surface area contributed by atoms with Crippen LogP contribution in [-0.2, 0) is 6.54 Å². The lowest BCUT2D eigenvalue weighted by Crippen LogP contribution is -2.34. The number of phenols is 1. The van der Waals surface area contributed by atoms with Gasteiger partial charge in [-0.05, 0) is 49.4 Å². The average molecular weight is 291 g/mol. The molecule has 0 amide bonds. The Kier molecular flexibility index (Phi) is 5.92. The molecule has 3 nitrogen and oxygen atoms in total. The summed E-state index contributed by atoms with van der Waals surface area (Å²) in [5, 5.41) is 9.94. The lowest BCUT2D eigenvalue weighted by molar-refractivity contribution is 0.179. The van der Waals surface area contributed by atoms with E-state index in [-0.39, 0.29) is 5.75 Å². The van der Waals surface area contributed by atoms with Crippen LogP contribution in [0.15, 0.2) is 18.2 Å². The Hall–Kier alpha value is -1.22. The number of rotatable bonds is 7. The summed E-state index contributed by atoms with van der Waals surface area (Å²) < 4.78 is 5.12. The second-order valence-electron chi connectivity index (χ2n) is 6.60. The summed E-state index contributed by atoms with van der Waals surface area (Å²) in [6, 6.07) is 6.49. The molecule has 0 heterocycles. The maximum absolute atomic E-state index is 9.94. The number of aromatic hydroxyl groups is 1. The highest BCUT2D eigenvalue weighted by Crippen LogP contribution is 2.29. The molecule has 1 aromatic rings. The van der Waals surface area contributed by atoms with Crippen molar-refractivity contribution in [2.24, 2.45) is 5.92 Å². The molecule has 0 unspecified atom stereocenters. The monoisotopic (exact) mass is 291 g/mol. The van der Waals surface area contributed by atoms with E-state index in [9.17, 15) is 5.11 Å². The molecule has 1 fully saturated rings. The minimum atomic E-state index is 0.241. The van der Waals surface area contributed by atoms with Gasteiger partial charge in [0.25, 0.3) is 0 Å². The van der Waals surface area contributed by atoms with E-state index in [4.69, 9.17) is 4.74 Å². The van der Waals surface area contributed by atoms with Crippen LogP contribution in [0.4, 0.5) is 0 Å². The van der Waals surface area contributed by atoms with Crippen LogP contribution >= 0.6 is 0 Å². The minimum absolute atomic E-state index is 0.241. The molecule has 0 atom stereocenters. The largest absolute Gasteiger partial charge is 0.504 e. The number of hydrogen-bond acceptors (Lipinski definition) is 3. The fourth-order valence-corrected chi connectivity index (χ4v) is 3.15. The highest BCUT2D eigenvalue weighted by molar-refractivity contribution is 5.41. The standard InChI is InChI=1S/C18H29NO2/c1-14(2)10-11-19(16-6-4-5-7-16)13-15-8-9-18(21-3)17(20)12-15/h8-9,12,14,16,20H,4-7,10-11,13H2,1-3H3. The number of ether oxygens (including phenoxy) is 1. The number of benzene rings is 1. The first-order chi connectivity index (χ1) is 10.1. The summed E-state index contributed by atoms with van der Waals surface area (Å²) in [6.07, 6.45) is 6.59. The van der Waals surface area contributed by atoms with E-state index < -0.39 is 0 Å². The van der Waals surface area contributed by atoms with Crippen molar-refractivity contribution in [3.63, 3.8) is 0 Å². The molecule has 1 N–H and O–H groups in total. The Morgan fingerprint density at radius 1 is 1.29 bits per heavy atom. The third-order valence-electron chi connectivity index (χ3n) is 4.46. The SMILES string of the molecule is COc1ccc(CN(CCC(C)C)C2CCCC2)cc1O. The third kappa shape index (κ3) is 4.63. The zero-order valence-corrected chi connectivity index (χ0v) is 13.6. The van der Waals surface area contributed by atoms with E-state index in [1.165, 1.54) is 37.7 Å². The molecule has 2 rings (SSSR count). The van der Waals surface area contributed by atoms with Gasteiger partial charge < -0.3 is 9.84 Å². The molecule has 1 saturated carbocycles. The van der Waals surface area contributed by atoms with Gasteiger partial charge in [0.15, 0.2) is 11.5 Å². The van der Waals surface area contributed by atoms with Gasteiger partial charge in [-0.2, -0.15) is 0 Å². The van der Waals surface area contributed by atoms with Gasteiger partial charge in [0.2, 0.25) is 0 Å². The molecule has 0 spiro atoms. The molecule has 118 valence electrons. The highest BCUT2D eigenvalue weighted by atomic mass is 16.5. The van der Waals surface area contributed by atoms with Crippen LogP contribution in [0.1, 0.15) is 51.5 Å². The van der Waals surface area contributed by atoms with Crippen LogP contribution in [0.2, 0.25) is 0 Å². The van der Waals surface area contributed by atoms with E-state index >= 15 is 0 Å². The van der Waals surface area contributed by atoms with Gasteiger partial charge >= 0.3 is 0 Å². The Bertz CT molecular complexity index is 439. The molecule has 1 aliphatic carbocycles. The Balaban J connectivity index is 2.04. The molecule has 0 aromatic heterocycles. The van der Waals surface area contributed by atoms with Crippen LogP contribution in [-0.4, -0.2) is 29.7 Å². The topological polar surface area (TPSA) is 32.7 Å². The van der Waals surface area contributed by atoms with E-state index in [2.05, 4.69) is 24.8 Å². The molecular weight excluding hydrogens is 262 g/mol. The van der Waals surface area contributed by atoms with Crippen LogP contribution < -0.4 is 4.74 Å². The van der Waals surface area contributed by atoms with Gasteiger partial charge in [0, 0.05) is 12.6 Å². The van der Waals surface area contributed by atoms with Crippen molar-refractivity contribution in [3.8, 4) is 11.5 Å². The molecule has 0 saturated heterocycles. The number of nitrogens with zero attached hydrogens (tertiary/aromatic N) is 1. The first-order valence-electron chi connectivity index (χ1n) is 8.20. The van der Waals surface area contributed by atoms with Gasteiger partial charge in [-0.3, -0.25) is 4.90 Å². The summed E-state index contributed by atoms with van der Waals surface area (Å²) in [5.41, 5.74) is 1.17. The Labute approximate surface area is 128 Å². The van der Waals surface area contributed by atoms with Gasteiger partial charge in [0.05, 0.1) is 7.11 Å². The van der Waals surface area contributed by atoms with Crippen molar-refractivity contribution in [1.29, 1.82) is 0 Å². The fourth-order valence-electron chi connectivity index (χ4n) is 3.15. The molecular formula is C18H29NO2. The molecule has 3 heteroatoms. The van der Waals surface area contributed by atoms with Crippen molar-refractivity contribution in [1.82, 2.24) is 4.90 Å². The molecule has 0 aliphatic heterocycles. The Morgan fingerprint density at radius 3 is 2.57 bits per heavy atom. The maximum Gasteiger partial charge on any atom is 0.160 e. The van der Waals surface area contributed by atoms with Crippen LogP contribution in [0.5, 0.6) is 11.5 Å². The van der Waals surface area contributed by atoms with Crippen molar-refractivity contribution in [3.05, 3.63) is 23.8 Å². The van der Waals surface area contributed by atoms with Crippen LogP contribution in [0.3, 0.4) is 0 Å². The second-order valence-corrected chi connectivity index (χ2v) is 6.60.